The molecule has 1 heterocycles. The molecule has 0 bridgehead atoms. The lowest BCUT2D eigenvalue weighted by Gasteiger charge is -2.21. The molecule has 0 spiro atoms. The minimum Gasteiger partial charge on any atom is -0.309 e. The summed E-state index contributed by atoms with van der Waals surface area (Å²) in [6.07, 6.45) is 0.778. The number of para-hydroxylation sites is 1. The third-order valence-corrected chi connectivity index (χ3v) is 7.67. The van der Waals surface area contributed by atoms with Crippen LogP contribution >= 0.6 is 11.3 Å². The summed E-state index contributed by atoms with van der Waals surface area (Å²) in [6.45, 7) is 4.93. The van der Waals surface area contributed by atoms with E-state index in [0.717, 1.165) is 28.7 Å². The zero-order chi connectivity index (χ0) is 21.9. The van der Waals surface area contributed by atoms with Gasteiger partial charge in [0.25, 0.3) is 5.91 Å². The van der Waals surface area contributed by atoms with E-state index in [1.54, 1.807) is 24.0 Å². The van der Waals surface area contributed by atoms with Crippen molar-refractivity contribution in [2.75, 3.05) is 37.8 Å². The number of anilines is 1. The Bertz CT molecular complexity index is 1150. The molecule has 0 saturated heterocycles. The summed E-state index contributed by atoms with van der Waals surface area (Å²) in [4.78, 5) is 22.1. The highest BCUT2D eigenvalue weighted by Gasteiger charge is 2.23. The maximum atomic E-state index is 13.4. The molecule has 0 N–H and O–H groups in total. The first kappa shape index (κ1) is 22.4. The van der Waals surface area contributed by atoms with Gasteiger partial charge in [0.15, 0.2) is 15.0 Å². The van der Waals surface area contributed by atoms with E-state index >= 15 is 0 Å². The number of thiazole rings is 1. The van der Waals surface area contributed by atoms with Gasteiger partial charge in [0.2, 0.25) is 0 Å². The first-order valence-corrected chi connectivity index (χ1v) is 12.4. The molecule has 3 aromatic rings. The summed E-state index contributed by atoms with van der Waals surface area (Å²) in [5.74, 6) is -0.243. The lowest BCUT2D eigenvalue weighted by molar-refractivity contribution is 0.0986. The third-order valence-electron chi connectivity index (χ3n) is 4.89. The van der Waals surface area contributed by atoms with E-state index in [1.807, 2.05) is 39.2 Å². The van der Waals surface area contributed by atoms with Gasteiger partial charge in [-0.2, -0.15) is 0 Å². The predicted molar refractivity (Wildman–Crippen MR) is 123 cm³/mol. The quantitative estimate of drug-likeness (QED) is 0.524. The molecule has 0 atom stereocenters. The summed E-state index contributed by atoms with van der Waals surface area (Å²) in [5, 5.41) is 0.631. The fourth-order valence-electron chi connectivity index (χ4n) is 3.16. The number of aromatic nitrogens is 1. The van der Waals surface area contributed by atoms with E-state index < -0.39 is 9.84 Å². The maximum absolute atomic E-state index is 13.4. The van der Waals surface area contributed by atoms with Crippen LogP contribution in [0.2, 0.25) is 0 Å². The molecule has 0 unspecified atom stereocenters. The summed E-state index contributed by atoms with van der Waals surface area (Å²) >= 11 is 1.48. The van der Waals surface area contributed by atoms with Crippen molar-refractivity contribution >= 4 is 42.4 Å². The number of sulfone groups is 1. The number of amides is 1. The van der Waals surface area contributed by atoms with Crippen molar-refractivity contribution in [3.63, 3.8) is 0 Å². The Morgan fingerprint density at radius 2 is 1.83 bits per heavy atom. The Hall–Kier alpha value is -2.29. The summed E-state index contributed by atoms with van der Waals surface area (Å²) in [6, 6.07) is 12.3. The van der Waals surface area contributed by atoms with Crippen LogP contribution in [0.3, 0.4) is 0 Å². The number of nitrogens with zero attached hydrogens (tertiary/aromatic N) is 3. The number of carbonyl (C=O) groups is 1. The second-order valence-corrected chi connectivity index (χ2v) is 10.8. The Labute approximate surface area is 182 Å². The lowest BCUT2D eigenvalue weighted by Crippen LogP contribution is -2.33. The number of carbonyl (C=O) groups excluding carboxylic acids is 1. The molecule has 6 nitrogen and oxygen atoms in total. The molecular formula is C22H27N3O3S2. The summed E-state index contributed by atoms with van der Waals surface area (Å²) in [5.41, 5.74) is 2.31. The zero-order valence-corrected chi connectivity index (χ0v) is 19.4. The van der Waals surface area contributed by atoms with Crippen molar-refractivity contribution in [3.05, 3.63) is 53.6 Å². The summed E-state index contributed by atoms with van der Waals surface area (Å²) in [7, 11) is 0.595. The molecule has 0 radical (unpaired) electrons. The van der Waals surface area contributed by atoms with Gasteiger partial charge < -0.3 is 4.90 Å². The monoisotopic (exact) mass is 445 g/mol. The van der Waals surface area contributed by atoms with Crippen molar-refractivity contribution < 1.29 is 13.2 Å². The van der Waals surface area contributed by atoms with Gasteiger partial charge >= 0.3 is 0 Å². The van der Waals surface area contributed by atoms with Crippen LogP contribution < -0.4 is 4.90 Å². The number of hydrogen-bond donors (Lipinski definition) is 0. The van der Waals surface area contributed by atoms with Gasteiger partial charge in [-0.1, -0.05) is 36.5 Å². The normalized spacial score (nSPS) is 11.9. The number of aryl methyl sites for hydroxylation is 1. The van der Waals surface area contributed by atoms with Gasteiger partial charge in [0.1, 0.15) is 0 Å². The van der Waals surface area contributed by atoms with Crippen LogP contribution in [0.1, 0.15) is 29.3 Å². The van der Waals surface area contributed by atoms with Crippen LogP contribution in [0.5, 0.6) is 0 Å². The van der Waals surface area contributed by atoms with E-state index in [2.05, 4.69) is 4.90 Å². The molecule has 0 aliphatic heterocycles. The largest absolute Gasteiger partial charge is 0.309 e. The van der Waals surface area contributed by atoms with Crippen molar-refractivity contribution in [2.24, 2.45) is 0 Å². The number of fused-ring (bicyclic) bond motifs is 1. The molecule has 30 heavy (non-hydrogen) atoms. The highest BCUT2D eigenvalue weighted by Crippen LogP contribution is 2.31. The standard InChI is InChI=1S/C22H27N3O3S2/c1-5-30(27,28)18-11-7-10-17(15-18)21(26)25(14-8-13-24(3)4)22-23-20-16(2)9-6-12-19(20)29-22/h6-7,9-12,15H,5,8,13-14H2,1-4H3. The molecular weight excluding hydrogens is 418 g/mol. The van der Waals surface area contributed by atoms with Crippen LogP contribution in [0.15, 0.2) is 47.4 Å². The molecule has 8 heteroatoms. The molecule has 0 aliphatic carbocycles. The minimum atomic E-state index is -3.39. The van der Waals surface area contributed by atoms with Crippen LogP contribution in [0.4, 0.5) is 5.13 Å². The first-order chi connectivity index (χ1) is 14.2. The molecule has 0 fully saturated rings. The van der Waals surface area contributed by atoms with Crippen LogP contribution in [0.25, 0.3) is 10.2 Å². The Balaban J connectivity index is 2.00. The van der Waals surface area contributed by atoms with Gasteiger partial charge in [-0.15, -0.1) is 0 Å². The average Bonchev–Trinajstić information content (AvgIpc) is 3.16. The van der Waals surface area contributed by atoms with E-state index in [4.69, 9.17) is 4.98 Å². The van der Waals surface area contributed by atoms with E-state index in [-0.39, 0.29) is 16.6 Å². The second kappa shape index (κ2) is 9.24. The van der Waals surface area contributed by atoms with Crippen molar-refractivity contribution in [3.8, 4) is 0 Å². The lowest BCUT2D eigenvalue weighted by atomic mass is 10.2. The van der Waals surface area contributed by atoms with Crippen molar-refractivity contribution in [1.82, 2.24) is 9.88 Å². The highest BCUT2D eigenvalue weighted by atomic mass is 32.2. The fraction of sp³-hybridized carbons (Fsp3) is 0.364. The number of rotatable bonds is 8. The molecule has 0 saturated carbocycles. The minimum absolute atomic E-state index is 0.00562. The van der Waals surface area contributed by atoms with Crippen LogP contribution in [-0.4, -0.2) is 57.1 Å². The van der Waals surface area contributed by atoms with E-state index in [9.17, 15) is 13.2 Å². The molecule has 3 rings (SSSR count). The van der Waals surface area contributed by atoms with Gasteiger partial charge in [-0.05, 0) is 63.8 Å². The van der Waals surface area contributed by atoms with Gasteiger partial charge in [-0.3, -0.25) is 9.69 Å². The number of hydrogen-bond acceptors (Lipinski definition) is 6. The van der Waals surface area contributed by atoms with E-state index in [0.29, 0.717) is 17.2 Å². The predicted octanol–water partition coefficient (Wildman–Crippen LogP) is 4.00. The SMILES string of the molecule is CCS(=O)(=O)c1cccc(C(=O)N(CCCN(C)C)c2nc3c(C)cccc3s2)c1. The topological polar surface area (TPSA) is 70.6 Å². The van der Waals surface area contributed by atoms with Gasteiger partial charge in [0.05, 0.1) is 20.9 Å². The second-order valence-electron chi connectivity index (χ2n) is 7.46. The molecule has 2 aromatic carbocycles. The Morgan fingerprint density at radius 3 is 2.50 bits per heavy atom. The third kappa shape index (κ3) is 4.88. The zero-order valence-electron chi connectivity index (χ0n) is 17.8. The van der Waals surface area contributed by atoms with Crippen molar-refractivity contribution in [1.29, 1.82) is 0 Å². The summed E-state index contributed by atoms with van der Waals surface area (Å²) < 4.78 is 25.6. The smallest absolute Gasteiger partial charge is 0.260 e. The molecule has 160 valence electrons. The first-order valence-electron chi connectivity index (χ1n) is 9.88. The maximum Gasteiger partial charge on any atom is 0.260 e. The average molecular weight is 446 g/mol. The molecule has 1 amide bonds. The van der Waals surface area contributed by atoms with E-state index in [1.165, 1.54) is 23.5 Å². The van der Waals surface area contributed by atoms with Crippen LogP contribution in [0, 0.1) is 6.92 Å². The molecule has 1 aromatic heterocycles. The van der Waals surface area contributed by atoms with Gasteiger partial charge in [-0.25, -0.2) is 13.4 Å². The van der Waals surface area contributed by atoms with Crippen LogP contribution in [-0.2, 0) is 9.84 Å². The fourth-order valence-corrected chi connectivity index (χ4v) is 5.16. The Morgan fingerprint density at radius 1 is 1.10 bits per heavy atom. The Kier molecular flexibility index (Phi) is 6.90. The number of benzene rings is 2. The molecule has 0 aliphatic rings. The highest BCUT2D eigenvalue weighted by molar-refractivity contribution is 7.91. The van der Waals surface area contributed by atoms with Gasteiger partial charge in [0, 0.05) is 12.1 Å². The van der Waals surface area contributed by atoms with Crippen molar-refractivity contribution in [2.45, 2.75) is 25.2 Å².